The van der Waals surface area contributed by atoms with Crippen LogP contribution in [0.2, 0.25) is 0 Å². The van der Waals surface area contributed by atoms with Crippen LogP contribution in [0.1, 0.15) is 24.2 Å². The highest BCUT2D eigenvalue weighted by Gasteiger charge is 2.19. The van der Waals surface area contributed by atoms with Gasteiger partial charge in [0.25, 0.3) is 5.91 Å². The summed E-state index contributed by atoms with van der Waals surface area (Å²) in [6.07, 6.45) is 0. The molecule has 0 aliphatic heterocycles. The molecular formula is C24H22F2N2O3. The predicted octanol–water partition coefficient (Wildman–Crippen LogP) is 5.31. The van der Waals surface area contributed by atoms with Crippen LogP contribution in [0.3, 0.4) is 0 Å². The number of rotatable bonds is 7. The van der Waals surface area contributed by atoms with Crippen LogP contribution >= 0.6 is 0 Å². The average Bonchev–Trinajstić information content (AvgIpc) is 2.74. The molecule has 0 heterocycles. The zero-order valence-corrected chi connectivity index (χ0v) is 17.1. The largest absolute Gasteiger partial charge is 0.452 e. The van der Waals surface area contributed by atoms with Gasteiger partial charge in [-0.2, -0.15) is 0 Å². The lowest BCUT2D eigenvalue weighted by molar-refractivity contribution is -0.119. The molecule has 1 amide bonds. The maximum Gasteiger partial charge on any atom is 0.344 e. The van der Waals surface area contributed by atoms with E-state index in [0.29, 0.717) is 5.69 Å². The van der Waals surface area contributed by atoms with Gasteiger partial charge >= 0.3 is 5.97 Å². The van der Waals surface area contributed by atoms with E-state index in [1.54, 1.807) is 12.1 Å². The van der Waals surface area contributed by atoms with Gasteiger partial charge in [-0.05, 0) is 62.4 Å². The maximum atomic E-state index is 13.6. The van der Waals surface area contributed by atoms with Crippen molar-refractivity contribution in [3.63, 3.8) is 0 Å². The third kappa shape index (κ3) is 5.45. The molecule has 0 saturated heterocycles. The number of benzene rings is 3. The summed E-state index contributed by atoms with van der Waals surface area (Å²) in [5.41, 5.74) is 1.66. The fraction of sp³-hybridized carbons (Fsp3) is 0.167. The van der Waals surface area contributed by atoms with Crippen molar-refractivity contribution < 1.29 is 23.1 Å². The Bertz CT molecular complexity index is 1030. The predicted molar refractivity (Wildman–Crippen MR) is 115 cm³/mol. The van der Waals surface area contributed by atoms with Gasteiger partial charge < -0.3 is 15.0 Å². The number of ether oxygens (including phenoxy) is 1. The van der Waals surface area contributed by atoms with Crippen molar-refractivity contribution in [3.05, 3.63) is 90.0 Å². The van der Waals surface area contributed by atoms with E-state index >= 15 is 0 Å². The molecule has 0 aliphatic carbocycles. The highest BCUT2D eigenvalue weighted by Crippen LogP contribution is 2.28. The molecule has 0 bridgehead atoms. The first-order valence-corrected chi connectivity index (χ1v) is 9.72. The van der Waals surface area contributed by atoms with Crippen molar-refractivity contribution in [1.82, 2.24) is 0 Å². The molecule has 0 spiro atoms. The minimum absolute atomic E-state index is 0.209. The van der Waals surface area contributed by atoms with Crippen molar-refractivity contribution in [2.75, 3.05) is 16.8 Å². The number of hydrogen-bond donors (Lipinski definition) is 1. The summed E-state index contributed by atoms with van der Waals surface area (Å²) in [7, 11) is 0. The van der Waals surface area contributed by atoms with Crippen molar-refractivity contribution in [3.8, 4) is 0 Å². The Labute approximate surface area is 179 Å². The second-order valence-electron chi connectivity index (χ2n) is 7.07. The van der Waals surface area contributed by atoms with Crippen molar-refractivity contribution in [2.24, 2.45) is 0 Å². The SMILES string of the molecule is CC(C)N(c1ccccc1)c1ccc(NC(=O)COC(=O)c2c(F)cccc2F)cc1. The second kappa shape index (κ2) is 9.84. The van der Waals surface area contributed by atoms with E-state index in [-0.39, 0.29) is 6.04 Å². The number of esters is 1. The lowest BCUT2D eigenvalue weighted by atomic mass is 10.2. The summed E-state index contributed by atoms with van der Waals surface area (Å²) in [4.78, 5) is 26.1. The van der Waals surface area contributed by atoms with Gasteiger partial charge in [-0.1, -0.05) is 24.3 Å². The summed E-state index contributed by atoms with van der Waals surface area (Å²) in [5.74, 6) is -3.96. The van der Waals surface area contributed by atoms with Gasteiger partial charge in [0.15, 0.2) is 6.61 Å². The third-order valence-electron chi connectivity index (χ3n) is 4.48. The first-order valence-electron chi connectivity index (χ1n) is 9.72. The average molecular weight is 424 g/mol. The molecule has 3 rings (SSSR count). The molecule has 1 N–H and O–H groups in total. The van der Waals surface area contributed by atoms with Crippen LogP contribution in [0.15, 0.2) is 72.8 Å². The number of carbonyl (C=O) groups is 2. The number of carbonyl (C=O) groups excluding carboxylic acids is 2. The highest BCUT2D eigenvalue weighted by atomic mass is 19.1. The molecule has 5 nitrogen and oxygen atoms in total. The van der Waals surface area contributed by atoms with Gasteiger partial charge in [0, 0.05) is 23.1 Å². The Morgan fingerprint density at radius 2 is 1.45 bits per heavy atom. The molecule has 3 aromatic carbocycles. The molecule has 0 radical (unpaired) electrons. The summed E-state index contributed by atoms with van der Waals surface area (Å²) >= 11 is 0. The molecule has 0 unspecified atom stereocenters. The molecule has 0 fully saturated rings. The standard InChI is InChI=1S/C24H22F2N2O3/c1-16(2)28(18-7-4-3-5-8-18)19-13-11-17(12-14-19)27-22(29)15-31-24(30)23-20(25)9-6-10-21(23)26/h3-14,16H,15H2,1-2H3,(H,27,29). The van der Waals surface area contributed by atoms with E-state index in [1.807, 2.05) is 42.5 Å². The van der Waals surface area contributed by atoms with Crippen molar-refractivity contribution in [2.45, 2.75) is 19.9 Å². The van der Waals surface area contributed by atoms with E-state index in [0.717, 1.165) is 29.6 Å². The van der Waals surface area contributed by atoms with E-state index in [2.05, 4.69) is 24.1 Å². The Morgan fingerprint density at radius 1 is 0.871 bits per heavy atom. The van der Waals surface area contributed by atoms with Crippen LogP contribution in [-0.4, -0.2) is 24.5 Å². The lowest BCUT2D eigenvalue weighted by Crippen LogP contribution is -2.25. The fourth-order valence-electron chi connectivity index (χ4n) is 3.13. The zero-order valence-electron chi connectivity index (χ0n) is 17.1. The number of amides is 1. The molecular weight excluding hydrogens is 402 g/mol. The Hall–Kier alpha value is -3.74. The number of para-hydroxylation sites is 1. The Balaban J connectivity index is 1.62. The van der Waals surface area contributed by atoms with Crippen LogP contribution < -0.4 is 10.2 Å². The number of nitrogens with zero attached hydrogens (tertiary/aromatic N) is 1. The normalized spacial score (nSPS) is 10.6. The summed E-state index contributed by atoms with van der Waals surface area (Å²) in [6, 6.07) is 20.3. The summed E-state index contributed by atoms with van der Waals surface area (Å²) < 4.78 is 32.0. The van der Waals surface area contributed by atoms with E-state index in [1.165, 1.54) is 0 Å². The van der Waals surface area contributed by atoms with Gasteiger partial charge in [0.05, 0.1) is 0 Å². The van der Waals surface area contributed by atoms with Crippen LogP contribution in [0.4, 0.5) is 25.8 Å². The monoisotopic (exact) mass is 424 g/mol. The minimum atomic E-state index is -1.24. The van der Waals surface area contributed by atoms with Gasteiger partial charge in [-0.25, -0.2) is 13.6 Å². The maximum absolute atomic E-state index is 13.6. The number of nitrogens with one attached hydrogen (secondary N) is 1. The molecule has 160 valence electrons. The lowest BCUT2D eigenvalue weighted by Gasteiger charge is -2.29. The second-order valence-corrected chi connectivity index (χ2v) is 7.07. The van der Waals surface area contributed by atoms with Crippen LogP contribution in [0, 0.1) is 11.6 Å². The van der Waals surface area contributed by atoms with Gasteiger partial charge in [-0.3, -0.25) is 4.79 Å². The van der Waals surface area contributed by atoms with Gasteiger partial charge in [0.1, 0.15) is 17.2 Å². The molecule has 0 aromatic heterocycles. The topological polar surface area (TPSA) is 58.6 Å². The number of hydrogen-bond acceptors (Lipinski definition) is 4. The van der Waals surface area contributed by atoms with Crippen LogP contribution in [-0.2, 0) is 9.53 Å². The Kier molecular flexibility index (Phi) is 6.97. The zero-order chi connectivity index (χ0) is 22.4. The quantitative estimate of drug-likeness (QED) is 0.523. The summed E-state index contributed by atoms with van der Waals surface area (Å²) in [6.45, 7) is 3.49. The molecule has 3 aromatic rings. The smallest absolute Gasteiger partial charge is 0.344 e. The number of halogens is 2. The van der Waals surface area contributed by atoms with E-state index in [9.17, 15) is 18.4 Å². The van der Waals surface area contributed by atoms with Crippen LogP contribution in [0.5, 0.6) is 0 Å². The first kappa shape index (κ1) is 22.0. The molecule has 31 heavy (non-hydrogen) atoms. The van der Waals surface area contributed by atoms with Crippen molar-refractivity contribution in [1.29, 1.82) is 0 Å². The molecule has 0 atom stereocenters. The van der Waals surface area contributed by atoms with E-state index in [4.69, 9.17) is 4.74 Å². The summed E-state index contributed by atoms with van der Waals surface area (Å²) in [5, 5.41) is 2.59. The number of anilines is 3. The van der Waals surface area contributed by atoms with Crippen molar-refractivity contribution >= 4 is 28.9 Å². The molecule has 0 saturated carbocycles. The molecule has 7 heteroatoms. The fourth-order valence-corrected chi connectivity index (χ4v) is 3.13. The third-order valence-corrected chi connectivity index (χ3v) is 4.48. The first-order chi connectivity index (χ1) is 14.9. The van der Waals surface area contributed by atoms with E-state index < -0.39 is 35.7 Å². The van der Waals surface area contributed by atoms with Gasteiger partial charge in [0.2, 0.25) is 0 Å². The van der Waals surface area contributed by atoms with Crippen LogP contribution in [0.25, 0.3) is 0 Å². The molecule has 0 aliphatic rings. The minimum Gasteiger partial charge on any atom is -0.452 e. The highest BCUT2D eigenvalue weighted by molar-refractivity contribution is 5.95. The Morgan fingerprint density at radius 3 is 2.03 bits per heavy atom. The van der Waals surface area contributed by atoms with Gasteiger partial charge in [-0.15, -0.1) is 0 Å².